The van der Waals surface area contributed by atoms with Crippen molar-refractivity contribution in [2.75, 3.05) is 5.32 Å². The van der Waals surface area contributed by atoms with Crippen molar-refractivity contribution in [1.29, 1.82) is 0 Å². The molecule has 0 amide bonds. The molecule has 0 aliphatic heterocycles. The molecule has 4 heteroatoms. The lowest BCUT2D eigenvalue weighted by Gasteiger charge is -2.11. The largest absolute Gasteiger partial charge is 0.489 e. The van der Waals surface area contributed by atoms with Crippen LogP contribution in [0.1, 0.15) is 11.1 Å². The van der Waals surface area contributed by atoms with Crippen LogP contribution in [0.3, 0.4) is 0 Å². The summed E-state index contributed by atoms with van der Waals surface area (Å²) < 4.78 is 11.7. The summed E-state index contributed by atoms with van der Waals surface area (Å²) >= 11 is 5.93. The molecule has 0 radical (unpaired) electrons. The summed E-state index contributed by atoms with van der Waals surface area (Å²) in [5, 5.41) is 4.16. The van der Waals surface area contributed by atoms with E-state index >= 15 is 0 Å². The molecule has 0 saturated carbocycles. The number of ether oxygens (including phenoxy) is 2. The lowest BCUT2D eigenvalue weighted by Crippen LogP contribution is -2.00. The van der Waals surface area contributed by atoms with Gasteiger partial charge in [0.05, 0.1) is 0 Å². The predicted molar refractivity (Wildman–Crippen MR) is 123 cm³/mol. The molecule has 0 aliphatic carbocycles. The second kappa shape index (κ2) is 9.86. The summed E-state index contributed by atoms with van der Waals surface area (Å²) in [5.74, 6) is 2.48. The first-order valence-corrected chi connectivity index (χ1v) is 10.2. The number of hydrogen-bond acceptors (Lipinski definition) is 3. The maximum absolute atomic E-state index is 5.93. The van der Waals surface area contributed by atoms with Gasteiger partial charge in [-0.1, -0.05) is 54.1 Å². The smallest absolute Gasteiger partial charge is 0.127 e. The van der Waals surface area contributed by atoms with Gasteiger partial charge in [0.15, 0.2) is 0 Å². The molecule has 0 bridgehead atoms. The normalized spacial score (nSPS) is 10.4. The average Bonchev–Trinajstić information content (AvgIpc) is 2.79. The highest BCUT2D eigenvalue weighted by Crippen LogP contribution is 2.23. The first-order valence-electron chi connectivity index (χ1n) is 9.78. The highest BCUT2D eigenvalue weighted by molar-refractivity contribution is 6.30. The fourth-order valence-corrected chi connectivity index (χ4v) is 3.09. The zero-order valence-corrected chi connectivity index (χ0v) is 17.2. The maximum Gasteiger partial charge on any atom is 0.127 e. The van der Waals surface area contributed by atoms with Crippen molar-refractivity contribution in [2.24, 2.45) is 0 Å². The summed E-state index contributed by atoms with van der Waals surface area (Å²) in [6.07, 6.45) is 0. The van der Waals surface area contributed by atoms with Gasteiger partial charge in [-0.25, -0.2) is 0 Å². The fourth-order valence-electron chi connectivity index (χ4n) is 2.96. The van der Waals surface area contributed by atoms with E-state index in [1.54, 1.807) is 0 Å². The van der Waals surface area contributed by atoms with Gasteiger partial charge in [0, 0.05) is 17.3 Å². The second-order valence-corrected chi connectivity index (χ2v) is 7.29. The van der Waals surface area contributed by atoms with E-state index in [1.165, 1.54) is 0 Å². The predicted octanol–water partition coefficient (Wildman–Crippen LogP) is 7.32. The summed E-state index contributed by atoms with van der Waals surface area (Å²) in [6, 6.07) is 33.5. The molecule has 1 N–H and O–H groups in total. The Hall–Kier alpha value is -3.43. The fraction of sp³-hybridized carbons (Fsp3) is 0.0769. The Morgan fingerprint density at radius 1 is 0.633 bits per heavy atom. The van der Waals surface area contributed by atoms with Crippen LogP contribution in [0.15, 0.2) is 103 Å². The molecule has 30 heavy (non-hydrogen) atoms. The van der Waals surface area contributed by atoms with E-state index < -0.39 is 0 Å². The number of para-hydroxylation sites is 1. The van der Waals surface area contributed by atoms with Crippen LogP contribution in [0.2, 0.25) is 5.02 Å². The number of anilines is 1. The third-order valence-electron chi connectivity index (χ3n) is 4.55. The van der Waals surface area contributed by atoms with Crippen molar-refractivity contribution in [3.05, 3.63) is 119 Å². The van der Waals surface area contributed by atoms with Crippen molar-refractivity contribution in [3.8, 4) is 17.2 Å². The van der Waals surface area contributed by atoms with Crippen LogP contribution in [0.5, 0.6) is 17.2 Å². The molecular formula is C26H22ClNO2. The van der Waals surface area contributed by atoms with E-state index in [-0.39, 0.29) is 0 Å². The Labute approximate surface area is 181 Å². The Bertz CT molecular complexity index is 1060. The molecule has 0 aromatic heterocycles. The Balaban J connectivity index is 1.30. The van der Waals surface area contributed by atoms with Crippen LogP contribution < -0.4 is 14.8 Å². The highest BCUT2D eigenvalue weighted by atomic mass is 35.5. The van der Waals surface area contributed by atoms with Crippen molar-refractivity contribution < 1.29 is 9.47 Å². The van der Waals surface area contributed by atoms with Gasteiger partial charge in [-0.15, -0.1) is 0 Å². The van der Waals surface area contributed by atoms with Crippen LogP contribution in [0, 0.1) is 0 Å². The van der Waals surface area contributed by atoms with E-state index in [9.17, 15) is 0 Å². The molecule has 3 nitrogen and oxygen atoms in total. The van der Waals surface area contributed by atoms with Crippen LogP contribution in [-0.4, -0.2) is 0 Å². The quantitative estimate of drug-likeness (QED) is 0.327. The minimum absolute atomic E-state index is 0.511. The number of benzene rings is 4. The van der Waals surface area contributed by atoms with Gasteiger partial charge in [0.2, 0.25) is 0 Å². The van der Waals surface area contributed by atoms with Crippen molar-refractivity contribution in [2.45, 2.75) is 13.2 Å². The molecule has 0 heterocycles. The molecule has 0 spiro atoms. The zero-order valence-electron chi connectivity index (χ0n) is 16.4. The van der Waals surface area contributed by atoms with Crippen molar-refractivity contribution in [3.63, 3.8) is 0 Å². The molecule has 0 aliphatic rings. The first-order chi connectivity index (χ1) is 14.7. The summed E-state index contributed by atoms with van der Waals surface area (Å²) in [6.45, 7) is 1.22. The Kier molecular flexibility index (Phi) is 6.53. The van der Waals surface area contributed by atoms with Crippen LogP contribution in [-0.2, 0) is 13.2 Å². The number of nitrogens with one attached hydrogen (secondary N) is 1. The van der Waals surface area contributed by atoms with Gasteiger partial charge in [-0.2, -0.15) is 0 Å². The zero-order chi connectivity index (χ0) is 20.6. The monoisotopic (exact) mass is 415 g/mol. The highest BCUT2D eigenvalue weighted by Gasteiger charge is 2.01. The lowest BCUT2D eigenvalue weighted by atomic mass is 10.2. The Morgan fingerprint density at radius 2 is 1.33 bits per heavy atom. The lowest BCUT2D eigenvalue weighted by molar-refractivity contribution is 0.306. The molecule has 150 valence electrons. The maximum atomic E-state index is 5.93. The van der Waals surface area contributed by atoms with Crippen LogP contribution >= 0.6 is 11.6 Å². The van der Waals surface area contributed by atoms with E-state index in [0.717, 1.165) is 39.1 Å². The second-order valence-electron chi connectivity index (χ2n) is 6.86. The Morgan fingerprint density at radius 3 is 2.10 bits per heavy atom. The molecular weight excluding hydrogens is 394 g/mol. The topological polar surface area (TPSA) is 30.5 Å². The third-order valence-corrected chi connectivity index (χ3v) is 4.80. The minimum atomic E-state index is 0.511. The molecule has 4 rings (SSSR count). The summed E-state index contributed by atoms with van der Waals surface area (Å²) in [5.41, 5.74) is 3.26. The van der Waals surface area contributed by atoms with Gasteiger partial charge in [0.25, 0.3) is 0 Å². The SMILES string of the molecule is Clc1ccc(COc2cccc(CNc3ccc(Oc4ccccc4)cc3)c2)cc1. The molecule has 0 saturated heterocycles. The van der Waals surface area contributed by atoms with Gasteiger partial charge in [-0.05, 0) is 71.8 Å². The van der Waals surface area contributed by atoms with Crippen LogP contribution in [0.25, 0.3) is 0 Å². The molecule has 0 unspecified atom stereocenters. The van der Waals surface area contributed by atoms with Crippen molar-refractivity contribution >= 4 is 17.3 Å². The molecule has 4 aromatic carbocycles. The third kappa shape index (κ3) is 5.79. The van der Waals surface area contributed by atoms with Gasteiger partial charge in [-0.3, -0.25) is 0 Å². The minimum Gasteiger partial charge on any atom is -0.489 e. The van der Waals surface area contributed by atoms with E-state index in [2.05, 4.69) is 17.4 Å². The standard InChI is InChI=1S/C26H22ClNO2/c27-22-11-9-20(10-12-22)19-29-26-8-4-5-21(17-26)18-28-23-13-15-25(16-14-23)30-24-6-2-1-3-7-24/h1-17,28H,18-19H2. The molecule has 4 aromatic rings. The first kappa shape index (κ1) is 19.9. The number of halogens is 1. The van der Waals surface area contributed by atoms with E-state index in [1.807, 2.05) is 91.0 Å². The van der Waals surface area contributed by atoms with Crippen LogP contribution in [0.4, 0.5) is 5.69 Å². The van der Waals surface area contributed by atoms with E-state index in [4.69, 9.17) is 21.1 Å². The average molecular weight is 416 g/mol. The van der Waals surface area contributed by atoms with E-state index in [0.29, 0.717) is 13.2 Å². The summed E-state index contributed by atoms with van der Waals surface area (Å²) in [4.78, 5) is 0. The van der Waals surface area contributed by atoms with Gasteiger partial charge in [0.1, 0.15) is 23.9 Å². The number of rotatable bonds is 8. The summed E-state index contributed by atoms with van der Waals surface area (Å²) in [7, 11) is 0. The number of hydrogen-bond donors (Lipinski definition) is 1. The molecule has 0 fully saturated rings. The van der Waals surface area contributed by atoms with Gasteiger partial charge >= 0.3 is 0 Å². The van der Waals surface area contributed by atoms with Gasteiger partial charge < -0.3 is 14.8 Å². The van der Waals surface area contributed by atoms with Crippen molar-refractivity contribution in [1.82, 2.24) is 0 Å². The molecule has 0 atom stereocenters.